The van der Waals surface area contributed by atoms with E-state index in [2.05, 4.69) is 17.6 Å². The largest absolute Gasteiger partial charge is 0.356 e. The van der Waals surface area contributed by atoms with Crippen LogP contribution in [0.1, 0.15) is 46.1 Å². The Morgan fingerprint density at radius 3 is 2.52 bits per heavy atom. The molecular weight excluding hydrogens is 264 g/mol. The van der Waals surface area contributed by atoms with E-state index in [1.54, 1.807) is 0 Å². The molecule has 116 valence electrons. The Morgan fingerprint density at radius 2 is 1.90 bits per heavy atom. The van der Waals surface area contributed by atoms with Crippen LogP contribution in [0, 0.1) is 5.41 Å². The SMILES string of the molecule is CCc1cccc(NC(=O)CCCNC(=O)C(C)(C)C)c1. The maximum absolute atomic E-state index is 11.8. The van der Waals surface area contributed by atoms with Gasteiger partial charge in [0, 0.05) is 24.1 Å². The molecule has 0 heterocycles. The predicted molar refractivity (Wildman–Crippen MR) is 86.1 cm³/mol. The molecule has 0 fully saturated rings. The first-order chi connectivity index (χ1) is 9.82. The van der Waals surface area contributed by atoms with Crippen LogP contribution in [0.2, 0.25) is 0 Å². The molecule has 0 unspecified atom stereocenters. The Balaban J connectivity index is 2.30. The van der Waals surface area contributed by atoms with Crippen molar-refractivity contribution in [2.75, 3.05) is 11.9 Å². The minimum atomic E-state index is -0.386. The molecule has 0 saturated heterocycles. The van der Waals surface area contributed by atoms with Gasteiger partial charge in [0.2, 0.25) is 11.8 Å². The topological polar surface area (TPSA) is 58.2 Å². The minimum Gasteiger partial charge on any atom is -0.356 e. The standard InChI is InChI=1S/C17H26N2O2/c1-5-13-8-6-9-14(12-13)19-15(20)10-7-11-18-16(21)17(2,3)4/h6,8-9,12H,5,7,10-11H2,1-4H3,(H,18,21)(H,19,20). The van der Waals surface area contributed by atoms with Gasteiger partial charge < -0.3 is 10.6 Å². The van der Waals surface area contributed by atoms with Crippen LogP contribution in [0.25, 0.3) is 0 Å². The molecule has 0 atom stereocenters. The highest BCUT2D eigenvalue weighted by Gasteiger charge is 2.20. The van der Waals surface area contributed by atoms with Gasteiger partial charge in [0.05, 0.1) is 0 Å². The van der Waals surface area contributed by atoms with Crippen molar-refractivity contribution >= 4 is 17.5 Å². The molecule has 0 saturated carbocycles. The van der Waals surface area contributed by atoms with Crippen molar-refractivity contribution in [3.8, 4) is 0 Å². The summed E-state index contributed by atoms with van der Waals surface area (Å²) in [6.45, 7) is 8.22. The highest BCUT2D eigenvalue weighted by atomic mass is 16.2. The lowest BCUT2D eigenvalue weighted by molar-refractivity contribution is -0.128. The van der Waals surface area contributed by atoms with Gasteiger partial charge in [-0.1, -0.05) is 39.8 Å². The molecule has 1 aromatic carbocycles. The normalized spacial score (nSPS) is 11.0. The first-order valence-corrected chi connectivity index (χ1v) is 7.50. The Labute approximate surface area is 127 Å². The number of carbonyl (C=O) groups is 2. The summed E-state index contributed by atoms with van der Waals surface area (Å²) in [4.78, 5) is 23.5. The fourth-order valence-electron chi connectivity index (χ4n) is 1.81. The zero-order chi connectivity index (χ0) is 15.9. The fourth-order valence-corrected chi connectivity index (χ4v) is 1.81. The van der Waals surface area contributed by atoms with E-state index in [0.717, 1.165) is 12.1 Å². The van der Waals surface area contributed by atoms with Gasteiger partial charge in [-0.15, -0.1) is 0 Å². The van der Waals surface area contributed by atoms with Gasteiger partial charge in [-0.3, -0.25) is 9.59 Å². The molecule has 4 heteroatoms. The Morgan fingerprint density at radius 1 is 1.19 bits per heavy atom. The molecule has 21 heavy (non-hydrogen) atoms. The summed E-state index contributed by atoms with van der Waals surface area (Å²) in [5.41, 5.74) is 1.64. The summed E-state index contributed by atoms with van der Waals surface area (Å²) in [7, 11) is 0. The van der Waals surface area contributed by atoms with Crippen LogP contribution in [0.3, 0.4) is 0 Å². The summed E-state index contributed by atoms with van der Waals surface area (Å²) in [5, 5.41) is 5.72. The zero-order valence-corrected chi connectivity index (χ0v) is 13.5. The lowest BCUT2D eigenvalue weighted by Crippen LogP contribution is -2.35. The van der Waals surface area contributed by atoms with Gasteiger partial charge in [0.25, 0.3) is 0 Å². The lowest BCUT2D eigenvalue weighted by Gasteiger charge is -2.17. The monoisotopic (exact) mass is 290 g/mol. The Kier molecular flexibility index (Phi) is 6.40. The van der Waals surface area contributed by atoms with Crippen LogP contribution >= 0.6 is 0 Å². The first kappa shape index (κ1) is 17.2. The van der Waals surface area contributed by atoms with Gasteiger partial charge in [-0.2, -0.15) is 0 Å². The molecule has 0 radical (unpaired) electrons. The Bertz CT molecular complexity index is 490. The summed E-state index contributed by atoms with van der Waals surface area (Å²) >= 11 is 0. The number of hydrogen-bond acceptors (Lipinski definition) is 2. The van der Waals surface area contributed by atoms with E-state index < -0.39 is 0 Å². The smallest absolute Gasteiger partial charge is 0.225 e. The summed E-state index contributed by atoms with van der Waals surface area (Å²) in [6.07, 6.45) is 1.99. The number of hydrogen-bond donors (Lipinski definition) is 2. The first-order valence-electron chi connectivity index (χ1n) is 7.50. The van der Waals surface area contributed by atoms with E-state index in [9.17, 15) is 9.59 Å². The van der Waals surface area contributed by atoms with Gasteiger partial charge >= 0.3 is 0 Å². The van der Waals surface area contributed by atoms with Crippen LogP contribution in [-0.2, 0) is 16.0 Å². The second-order valence-corrected chi connectivity index (χ2v) is 6.21. The quantitative estimate of drug-likeness (QED) is 0.791. The minimum absolute atomic E-state index is 0.0126. The number of benzene rings is 1. The number of anilines is 1. The lowest BCUT2D eigenvalue weighted by atomic mass is 9.96. The molecule has 1 aromatic rings. The van der Waals surface area contributed by atoms with Crippen molar-refractivity contribution < 1.29 is 9.59 Å². The molecule has 1 rings (SSSR count). The highest BCUT2D eigenvalue weighted by molar-refractivity contribution is 5.90. The van der Waals surface area contributed by atoms with Crippen molar-refractivity contribution in [2.45, 2.75) is 47.0 Å². The molecular formula is C17H26N2O2. The second kappa shape index (κ2) is 7.81. The molecule has 0 aromatic heterocycles. The van der Waals surface area contributed by atoms with E-state index >= 15 is 0 Å². The number of carbonyl (C=O) groups excluding carboxylic acids is 2. The van der Waals surface area contributed by atoms with Crippen LogP contribution in [-0.4, -0.2) is 18.4 Å². The molecule has 4 nitrogen and oxygen atoms in total. The van der Waals surface area contributed by atoms with Gasteiger partial charge in [0.15, 0.2) is 0 Å². The third-order valence-electron chi connectivity index (χ3n) is 3.17. The van der Waals surface area contributed by atoms with Crippen molar-refractivity contribution in [3.05, 3.63) is 29.8 Å². The Hall–Kier alpha value is -1.84. The van der Waals surface area contributed by atoms with Crippen molar-refractivity contribution in [3.63, 3.8) is 0 Å². The number of aryl methyl sites for hydroxylation is 1. The average molecular weight is 290 g/mol. The number of nitrogens with one attached hydrogen (secondary N) is 2. The van der Waals surface area contributed by atoms with Gasteiger partial charge in [-0.05, 0) is 30.5 Å². The van der Waals surface area contributed by atoms with E-state index in [0.29, 0.717) is 19.4 Å². The van der Waals surface area contributed by atoms with E-state index in [1.807, 2.05) is 45.0 Å². The van der Waals surface area contributed by atoms with Crippen LogP contribution in [0.4, 0.5) is 5.69 Å². The number of amides is 2. The van der Waals surface area contributed by atoms with E-state index in [1.165, 1.54) is 5.56 Å². The molecule has 0 aliphatic carbocycles. The molecule has 0 bridgehead atoms. The van der Waals surface area contributed by atoms with Crippen molar-refractivity contribution in [2.24, 2.45) is 5.41 Å². The third-order valence-corrected chi connectivity index (χ3v) is 3.17. The zero-order valence-electron chi connectivity index (χ0n) is 13.5. The molecule has 0 aliphatic rings. The van der Waals surface area contributed by atoms with Gasteiger partial charge in [-0.25, -0.2) is 0 Å². The maximum atomic E-state index is 11.8. The average Bonchev–Trinajstić information content (AvgIpc) is 2.42. The summed E-state index contributed by atoms with van der Waals surface area (Å²) in [6, 6.07) is 7.85. The molecule has 2 N–H and O–H groups in total. The summed E-state index contributed by atoms with van der Waals surface area (Å²) < 4.78 is 0. The van der Waals surface area contributed by atoms with Crippen molar-refractivity contribution in [1.82, 2.24) is 5.32 Å². The van der Waals surface area contributed by atoms with E-state index in [4.69, 9.17) is 0 Å². The van der Waals surface area contributed by atoms with Crippen LogP contribution < -0.4 is 10.6 Å². The fraction of sp³-hybridized carbons (Fsp3) is 0.529. The molecule has 2 amide bonds. The highest BCUT2D eigenvalue weighted by Crippen LogP contribution is 2.13. The number of rotatable bonds is 6. The van der Waals surface area contributed by atoms with Gasteiger partial charge in [0.1, 0.15) is 0 Å². The predicted octanol–water partition coefficient (Wildman–Crippen LogP) is 3.13. The second-order valence-electron chi connectivity index (χ2n) is 6.21. The maximum Gasteiger partial charge on any atom is 0.225 e. The molecule has 0 spiro atoms. The van der Waals surface area contributed by atoms with E-state index in [-0.39, 0.29) is 17.2 Å². The summed E-state index contributed by atoms with van der Waals surface area (Å²) in [5.74, 6) is -0.00758. The molecule has 0 aliphatic heterocycles. The third kappa shape index (κ3) is 6.43. The van der Waals surface area contributed by atoms with Crippen molar-refractivity contribution in [1.29, 1.82) is 0 Å². The van der Waals surface area contributed by atoms with Crippen LogP contribution in [0.5, 0.6) is 0 Å². The van der Waals surface area contributed by atoms with Crippen LogP contribution in [0.15, 0.2) is 24.3 Å².